The predicted octanol–water partition coefficient (Wildman–Crippen LogP) is 3.09. The zero-order valence-corrected chi connectivity index (χ0v) is 18.7. The monoisotopic (exact) mass is 436 g/mol. The molecule has 29 heavy (non-hydrogen) atoms. The summed E-state index contributed by atoms with van der Waals surface area (Å²) in [6.45, 7) is 6.73. The SMILES string of the molecule is Cc1ccccc1N(CC(=O)Nc1nc(CN2CCC(C)CC2)cs1)S(C)(=O)=O. The summed E-state index contributed by atoms with van der Waals surface area (Å²) in [6, 6.07) is 7.11. The molecule has 1 aromatic carbocycles. The molecule has 9 heteroatoms. The maximum absolute atomic E-state index is 12.5. The number of sulfonamides is 1. The Hall–Kier alpha value is -1.97. The van der Waals surface area contributed by atoms with E-state index < -0.39 is 15.9 Å². The van der Waals surface area contributed by atoms with E-state index in [0.717, 1.165) is 47.4 Å². The zero-order valence-electron chi connectivity index (χ0n) is 17.1. The molecule has 1 aliphatic rings. The van der Waals surface area contributed by atoms with Gasteiger partial charge in [0.2, 0.25) is 15.9 Å². The summed E-state index contributed by atoms with van der Waals surface area (Å²) < 4.78 is 25.6. The van der Waals surface area contributed by atoms with Crippen LogP contribution in [-0.4, -0.2) is 50.1 Å². The fourth-order valence-electron chi connectivity index (χ4n) is 3.40. The van der Waals surface area contributed by atoms with Crippen molar-refractivity contribution in [2.24, 2.45) is 5.92 Å². The highest BCUT2D eigenvalue weighted by Crippen LogP contribution is 2.23. The van der Waals surface area contributed by atoms with E-state index >= 15 is 0 Å². The Bertz CT molecular complexity index is 950. The molecular weight excluding hydrogens is 408 g/mol. The van der Waals surface area contributed by atoms with E-state index in [1.165, 1.54) is 24.2 Å². The first-order valence-corrected chi connectivity index (χ1v) is 12.4. The van der Waals surface area contributed by atoms with Gasteiger partial charge in [0.25, 0.3) is 0 Å². The van der Waals surface area contributed by atoms with Crippen LogP contribution in [0, 0.1) is 12.8 Å². The number of aromatic nitrogens is 1. The third kappa shape index (κ3) is 6.01. The molecule has 0 aliphatic carbocycles. The van der Waals surface area contributed by atoms with E-state index in [9.17, 15) is 13.2 Å². The molecule has 1 N–H and O–H groups in total. The number of thiazole rings is 1. The lowest BCUT2D eigenvalue weighted by atomic mass is 9.99. The van der Waals surface area contributed by atoms with Gasteiger partial charge in [-0.3, -0.25) is 14.0 Å². The van der Waals surface area contributed by atoms with E-state index in [4.69, 9.17) is 0 Å². The van der Waals surface area contributed by atoms with Gasteiger partial charge in [0.1, 0.15) is 6.54 Å². The van der Waals surface area contributed by atoms with Crippen molar-refractivity contribution < 1.29 is 13.2 Å². The van der Waals surface area contributed by atoms with Crippen molar-refractivity contribution in [1.82, 2.24) is 9.88 Å². The Morgan fingerprint density at radius 3 is 2.66 bits per heavy atom. The Morgan fingerprint density at radius 2 is 2.00 bits per heavy atom. The molecule has 1 saturated heterocycles. The van der Waals surface area contributed by atoms with Gasteiger partial charge >= 0.3 is 0 Å². The predicted molar refractivity (Wildman–Crippen MR) is 118 cm³/mol. The van der Waals surface area contributed by atoms with Crippen LogP contribution in [0.25, 0.3) is 0 Å². The van der Waals surface area contributed by atoms with Crippen molar-refractivity contribution >= 4 is 38.1 Å². The van der Waals surface area contributed by atoms with Crippen molar-refractivity contribution in [3.8, 4) is 0 Å². The summed E-state index contributed by atoms with van der Waals surface area (Å²) in [7, 11) is -3.60. The van der Waals surface area contributed by atoms with Gasteiger partial charge in [-0.2, -0.15) is 0 Å². The molecule has 2 heterocycles. The normalized spacial score (nSPS) is 16.0. The van der Waals surface area contributed by atoms with Gasteiger partial charge in [0.05, 0.1) is 17.6 Å². The van der Waals surface area contributed by atoms with Crippen LogP contribution >= 0.6 is 11.3 Å². The smallest absolute Gasteiger partial charge is 0.246 e. The van der Waals surface area contributed by atoms with Gasteiger partial charge in [-0.05, 0) is 50.4 Å². The third-order valence-corrected chi connectivity index (χ3v) is 7.06. The number of piperidine rings is 1. The van der Waals surface area contributed by atoms with E-state index in [-0.39, 0.29) is 6.54 Å². The molecule has 0 atom stereocenters. The van der Waals surface area contributed by atoms with Crippen molar-refractivity contribution in [2.45, 2.75) is 33.2 Å². The second-order valence-electron chi connectivity index (χ2n) is 7.71. The van der Waals surface area contributed by atoms with Gasteiger partial charge in [0.15, 0.2) is 5.13 Å². The van der Waals surface area contributed by atoms with Gasteiger partial charge in [-0.25, -0.2) is 13.4 Å². The molecule has 1 aromatic heterocycles. The fraction of sp³-hybridized carbons (Fsp3) is 0.500. The zero-order chi connectivity index (χ0) is 21.0. The number of carbonyl (C=O) groups excluding carboxylic acids is 1. The van der Waals surface area contributed by atoms with Crippen molar-refractivity contribution in [2.75, 3.05) is 35.5 Å². The second-order valence-corrected chi connectivity index (χ2v) is 10.5. The van der Waals surface area contributed by atoms with Crippen molar-refractivity contribution in [3.05, 3.63) is 40.9 Å². The number of amides is 1. The molecule has 1 amide bonds. The molecule has 0 spiro atoms. The lowest BCUT2D eigenvalue weighted by molar-refractivity contribution is -0.114. The quantitative estimate of drug-likeness (QED) is 0.721. The first-order valence-electron chi connectivity index (χ1n) is 9.72. The van der Waals surface area contributed by atoms with Crippen molar-refractivity contribution in [1.29, 1.82) is 0 Å². The van der Waals surface area contributed by atoms with E-state index in [2.05, 4.69) is 22.1 Å². The number of benzene rings is 1. The number of nitrogens with zero attached hydrogens (tertiary/aromatic N) is 3. The maximum atomic E-state index is 12.5. The fourth-order valence-corrected chi connectivity index (χ4v) is 5.03. The molecule has 1 fully saturated rings. The molecule has 158 valence electrons. The summed E-state index contributed by atoms with van der Waals surface area (Å²) in [5.41, 5.74) is 2.22. The van der Waals surface area contributed by atoms with E-state index in [1.807, 2.05) is 24.4 Å². The minimum absolute atomic E-state index is 0.289. The van der Waals surface area contributed by atoms with Crippen LogP contribution in [0.5, 0.6) is 0 Å². The van der Waals surface area contributed by atoms with Crippen LogP contribution in [-0.2, 0) is 21.4 Å². The van der Waals surface area contributed by atoms with Crippen molar-refractivity contribution in [3.63, 3.8) is 0 Å². The second kappa shape index (κ2) is 9.23. The van der Waals surface area contributed by atoms with Crippen LogP contribution in [0.3, 0.4) is 0 Å². The highest BCUT2D eigenvalue weighted by molar-refractivity contribution is 7.92. The molecule has 1 aliphatic heterocycles. The number of carbonyl (C=O) groups is 1. The molecule has 0 bridgehead atoms. The molecule has 0 radical (unpaired) electrons. The summed E-state index contributed by atoms with van der Waals surface area (Å²) in [5.74, 6) is 0.369. The van der Waals surface area contributed by atoms with Gasteiger partial charge < -0.3 is 5.32 Å². The summed E-state index contributed by atoms with van der Waals surface area (Å²) in [5, 5.41) is 5.18. The molecule has 0 saturated carbocycles. The summed E-state index contributed by atoms with van der Waals surface area (Å²) in [4.78, 5) is 19.4. The van der Waals surface area contributed by atoms with Crippen LogP contribution in [0.15, 0.2) is 29.6 Å². The number of nitrogens with one attached hydrogen (secondary N) is 1. The Kier molecular flexibility index (Phi) is 6.92. The Balaban J connectivity index is 1.62. The third-order valence-electron chi connectivity index (χ3n) is 5.13. The van der Waals surface area contributed by atoms with E-state index in [0.29, 0.717) is 10.8 Å². The van der Waals surface area contributed by atoms with Crippen LogP contribution in [0.2, 0.25) is 0 Å². The maximum Gasteiger partial charge on any atom is 0.246 e. The lowest BCUT2D eigenvalue weighted by Crippen LogP contribution is -2.37. The molecule has 3 rings (SSSR count). The number of hydrogen-bond donors (Lipinski definition) is 1. The Morgan fingerprint density at radius 1 is 1.31 bits per heavy atom. The molecule has 7 nitrogen and oxygen atoms in total. The first-order chi connectivity index (χ1) is 13.7. The average molecular weight is 437 g/mol. The number of anilines is 2. The molecule has 2 aromatic rings. The Labute approximate surface area is 176 Å². The van der Waals surface area contributed by atoms with Gasteiger partial charge in [0, 0.05) is 11.9 Å². The number of aryl methyl sites for hydroxylation is 1. The highest BCUT2D eigenvalue weighted by atomic mass is 32.2. The largest absolute Gasteiger partial charge is 0.300 e. The number of para-hydroxylation sites is 1. The van der Waals surface area contributed by atoms with Crippen LogP contribution in [0.4, 0.5) is 10.8 Å². The number of likely N-dealkylation sites (tertiary alicyclic amines) is 1. The first kappa shape index (κ1) is 21.7. The van der Waals surface area contributed by atoms with Crippen LogP contribution < -0.4 is 9.62 Å². The van der Waals surface area contributed by atoms with E-state index in [1.54, 1.807) is 12.1 Å². The van der Waals surface area contributed by atoms with Gasteiger partial charge in [-0.1, -0.05) is 25.1 Å². The van der Waals surface area contributed by atoms with Gasteiger partial charge in [-0.15, -0.1) is 11.3 Å². The molecule has 0 unspecified atom stereocenters. The average Bonchev–Trinajstić information content (AvgIpc) is 3.08. The minimum atomic E-state index is -3.60. The highest BCUT2D eigenvalue weighted by Gasteiger charge is 2.23. The standard InChI is InChI=1S/C20H28N4O3S2/c1-15-8-10-23(11-9-15)12-17-14-28-20(21-17)22-19(25)13-24(29(3,26)27)18-7-5-4-6-16(18)2/h4-7,14-15H,8-13H2,1-3H3,(H,21,22,25). The van der Waals surface area contributed by atoms with Crippen LogP contribution in [0.1, 0.15) is 31.0 Å². The number of rotatable bonds is 7. The number of hydrogen-bond acceptors (Lipinski definition) is 6. The minimum Gasteiger partial charge on any atom is -0.300 e. The topological polar surface area (TPSA) is 82.6 Å². The summed E-state index contributed by atoms with van der Waals surface area (Å²) >= 11 is 1.36. The molecular formula is C20H28N4O3S2. The summed E-state index contributed by atoms with van der Waals surface area (Å²) in [6.07, 6.45) is 3.51. The lowest BCUT2D eigenvalue weighted by Gasteiger charge is -2.29.